The number of anilines is 2. The van der Waals surface area contributed by atoms with Gasteiger partial charge in [-0.2, -0.15) is 4.31 Å². The second kappa shape index (κ2) is 7.89. The van der Waals surface area contributed by atoms with Crippen LogP contribution < -0.4 is 10.1 Å². The number of hydrogen-bond donors (Lipinski definition) is 1. The number of hydrogen-bond acceptors (Lipinski definition) is 7. The van der Waals surface area contributed by atoms with Crippen LogP contribution in [0.25, 0.3) is 0 Å². The van der Waals surface area contributed by atoms with Gasteiger partial charge in [0.15, 0.2) is 0 Å². The molecule has 1 aromatic carbocycles. The van der Waals surface area contributed by atoms with E-state index in [9.17, 15) is 18.5 Å². The molecule has 10 heteroatoms. The minimum atomic E-state index is -3.68. The molecule has 0 unspecified atom stereocenters. The molecule has 1 fully saturated rings. The minimum absolute atomic E-state index is 0.0822. The largest absolute Gasteiger partial charge is 0.495 e. The molecule has 0 bridgehead atoms. The predicted molar refractivity (Wildman–Crippen MR) is 99.8 cm³/mol. The molecule has 0 saturated carbocycles. The quantitative estimate of drug-likeness (QED) is 0.594. The molecule has 0 radical (unpaired) electrons. The number of nitrogens with one attached hydrogen (secondary N) is 1. The molecule has 1 aliphatic heterocycles. The minimum Gasteiger partial charge on any atom is -0.495 e. The number of methoxy groups -OCH3 is 1. The van der Waals surface area contributed by atoms with Gasteiger partial charge < -0.3 is 10.1 Å². The van der Waals surface area contributed by atoms with Crippen LogP contribution in [0, 0.1) is 10.1 Å². The number of ether oxygens (including phenoxy) is 1. The summed E-state index contributed by atoms with van der Waals surface area (Å²) in [4.78, 5) is 14.2. The molecule has 1 saturated heterocycles. The lowest BCUT2D eigenvalue weighted by atomic mass is 10.2. The van der Waals surface area contributed by atoms with Gasteiger partial charge in [0.05, 0.1) is 12.0 Å². The first-order valence-corrected chi connectivity index (χ1v) is 9.91. The summed E-state index contributed by atoms with van der Waals surface area (Å²) in [6.07, 6.45) is 3.84. The van der Waals surface area contributed by atoms with Crippen LogP contribution in [0.4, 0.5) is 17.2 Å². The summed E-state index contributed by atoms with van der Waals surface area (Å²) in [5, 5.41) is 13.7. The number of nitrogens with zero attached hydrogens (tertiary/aromatic N) is 3. The molecule has 0 amide bonds. The van der Waals surface area contributed by atoms with Crippen molar-refractivity contribution in [3.05, 3.63) is 46.6 Å². The number of nitro groups is 1. The third kappa shape index (κ3) is 4.17. The highest BCUT2D eigenvalue weighted by molar-refractivity contribution is 7.89. The number of aromatic nitrogens is 1. The maximum atomic E-state index is 13.0. The summed E-state index contributed by atoms with van der Waals surface area (Å²) in [7, 11) is -2.25. The Labute approximate surface area is 157 Å². The number of pyridine rings is 1. The summed E-state index contributed by atoms with van der Waals surface area (Å²) in [6, 6.07) is 7.51. The summed E-state index contributed by atoms with van der Waals surface area (Å²) in [5.41, 5.74) is 0.372. The van der Waals surface area contributed by atoms with E-state index in [4.69, 9.17) is 4.74 Å². The Balaban J connectivity index is 1.90. The molecule has 2 heterocycles. The van der Waals surface area contributed by atoms with Crippen LogP contribution in [-0.4, -0.2) is 42.8 Å². The predicted octanol–water partition coefficient (Wildman–Crippen LogP) is 2.92. The topological polar surface area (TPSA) is 115 Å². The first kappa shape index (κ1) is 19.1. The van der Waals surface area contributed by atoms with Gasteiger partial charge >= 0.3 is 0 Å². The third-order valence-corrected chi connectivity index (χ3v) is 6.25. The van der Waals surface area contributed by atoms with Crippen molar-refractivity contribution in [1.82, 2.24) is 9.29 Å². The lowest BCUT2D eigenvalue weighted by Crippen LogP contribution is -2.35. The summed E-state index contributed by atoms with van der Waals surface area (Å²) in [5.74, 6) is 0.634. The van der Waals surface area contributed by atoms with Gasteiger partial charge in [-0.3, -0.25) is 10.1 Å². The van der Waals surface area contributed by atoms with Crippen molar-refractivity contribution in [2.75, 3.05) is 25.5 Å². The van der Waals surface area contributed by atoms with Crippen LogP contribution >= 0.6 is 0 Å². The number of piperidine rings is 1. The Morgan fingerprint density at radius 2 is 1.93 bits per heavy atom. The van der Waals surface area contributed by atoms with Crippen LogP contribution in [0.1, 0.15) is 19.3 Å². The second-order valence-electron chi connectivity index (χ2n) is 6.11. The van der Waals surface area contributed by atoms with E-state index in [1.165, 1.54) is 29.6 Å². The van der Waals surface area contributed by atoms with Crippen molar-refractivity contribution in [2.24, 2.45) is 0 Å². The maximum absolute atomic E-state index is 13.0. The molecule has 1 aromatic heterocycles. The van der Waals surface area contributed by atoms with Crippen LogP contribution in [0.3, 0.4) is 0 Å². The lowest BCUT2D eigenvalue weighted by molar-refractivity contribution is -0.385. The summed E-state index contributed by atoms with van der Waals surface area (Å²) in [6.45, 7) is 0.986. The van der Waals surface area contributed by atoms with E-state index < -0.39 is 14.9 Å². The van der Waals surface area contributed by atoms with Gasteiger partial charge in [0.1, 0.15) is 22.7 Å². The van der Waals surface area contributed by atoms with E-state index in [-0.39, 0.29) is 16.3 Å². The molecular formula is C17H20N4O5S. The van der Waals surface area contributed by atoms with E-state index in [1.54, 1.807) is 12.1 Å². The first-order chi connectivity index (χ1) is 12.9. The van der Waals surface area contributed by atoms with Crippen molar-refractivity contribution in [2.45, 2.75) is 24.2 Å². The van der Waals surface area contributed by atoms with Crippen molar-refractivity contribution < 1.29 is 18.1 Å². The van der Waals surface area contributed by atoms with Crippen LogP contribution in [-0.2, 0) is 10.0 Å². The fraction of sp³-hybridized carbons (Fsp3) is 0.353. The Morgan fingerprint density at radius 1 is 1.19 bits per heavy atom. The normalized spacial score (nSPS) is 15.3. The maximum Gasteiger partial charge on any atom is 0.287 e. The van der Waals surface area contributed by atoms with Crippen LogP contribution in [0.5, 0.6) is 5.75 Å². The van der Waals surface area contributed by atoms with Gasteiger partial charge in [-0.15, -0.1) is 0 Å². The molecular weight excluding hydrogens is 372 g/mol. The fourth-order valence-electron chi connectivity index (χ4n) is 2.92. The van der Waals surface area contributed by atoms with Gasteiger partial charge in [-0.25, -0.2) is 13.4 Å². The molecule has 0 atom stereocenters. The van der Waals surface area contributed by atoms with E-state index in [1.807, 2.05) is 0 Å². The Kier molecular flexibility index (Phi) is 5.57. The Hall–Kier alpha value is -2.72. The molecule has 0 spiro atoms. The molecule has 2 aromatic rings. The van der Waals surface area contributed by atoms with E-state index in [2.05, 4.69) is 10.3 Å². The smallest absolute Gasteiger partial charge is 0.287 e. The van der Waals surface area contributed by atoms with Crippen molar-refractivity contribution in [3.8, 4) is 5.75 Å². The van der Waals surface area contributed by atoms with Crippen LogP contribution in [0.15, 0.2) is 41.4 Å². The zero-order chi connectivity index (χ0) is 19.4. The van der Waals surface area contributed by atoms with Gasteiger partial charge in [-0.1, -0.05) is 6.42 Å². The molecule has 3 rings (SSSR count). The van der Waals surface area contributed by atoms with Crippen molar-refractivity contribution >= 4 is 27.2 Å². The van der Waals surface area contributed by atoms with Crippen molar-refractivity contribution in [3.63, 3.8) is 0 Å². The monoisotopic (exact) mass is 392 g/mol. The zero-order valence-electron chi connectivity index (χ0n) is 14.8. The highest BCUT2D eigenvalue weighted by Gasteiger charge is 2.29. The van der Waals surface area contributed by atoms with Gasteiger partial charge in [0.25, 0.3) is 5.69 Å². The fourth-order valence-corrected chi connectivity index (χ4v) is 4.61. The van der Waals surface area contributed by atoms with Gasteiger partial charge in [0.2, 0.25) is 10.0 Å². The highest BCUT2D eigenvalue weighted by atomic mass is 32.2. The number of benzene rings is 1. The second-order valence-corrected chi connectivity index (χ2v) is 8.02. The molecule has 9 nitrogen and oxygen atoms in total. The Morgan fingerprint density at radius 3 is 2.52 bits per heavy atom. The summed E-state index contributed by atoms with van der Waals surface area (Å²) < 4.78 is 32.8. The zero-order valence-corrected chi connectivity index (χ0v) is 15.6. The van der Waals surface area contributed by atoms with Crippen molar-refractivity contribution in [1.29, 1.82) is 0 Å². The van der Waals surface area contributed by atoms with E-state index >= 15 is 0 Å². The Bertz CT molecular complexity index is 925. The molecule has 0 aliphatic carbocycles. The average Bonchev–Trinajstić information content (AvgIpc) is 2.69. The van der Waals surface area contributed by atoms with E-state index in [0.29, 0.717) is 24.6 Å². The molecule has 144 valence electrons. The van der Waals surface area contributed by atoms with Crippen LogP contribution in [0.2, 0.25) is 0 Å². The third-order valence-electron chi connectivity index (χ3n) is 4.33. The standard InChI is InChI=1S/C17H20N4O5S/c1-26-15-7-5-13(19-17-8-6-14(12-18-17)21(22)23)11-16(15)27(24,25)20-9-3-2-4-10-20/h5-8,11-12H,2-4,9-10H2,1H3,(H,18,19). The highest BCUT2D eigenvalue weighted by Crippen LogP contribution is 2.32. The number of sulfonamides is 1. The first-order valence-electron chi connectivity index (χ1n) is 8.47. The van der Waals surface area contributed by atoms with E-state index in [0.717, 1.165) is 25.5 Å². The summed E-state index contributed by atoms with van der Waals surface area (Å²) >= 11 is 0. The SMILES string of the molecule is COc1ccc(Nc2ccc([N+](=O)[O-])cn2)cc1S(=O)(=O)N1CCCCC1. The lowest BCUT2D eigenvalue weighted by Gasteiger charge is -2.26. The molecule has 1 N–H and O–H groups in total. The molecule has 1 aliphatic rings. The van der Waals surface area contributed by atoms with Gasteiger partial charge in [-0.05, 0) is 37.1 Å². The molecule has 27 heavy (non-hydrogen) atoms. The average molecular weight is 392 g/mol. The van der Waals surface area contributed by atoms with Gasteiger partial charge in [0, 0.05) is 24.8 Å². The number of rotatable bonds is 6.